The Morgan fingerprint density at radius 3 is 2.62 bits per heavy atom. The number of allylic oxidation sites excluding steroid dienone is 2. The summed E-state index contributed by atoms with van der Waals surface area (Å²) in [4.78, 5) is 43.4. The second-order valence-electron chi connectivity index (χ2n) is 11.3. The molecule has 0 spiro atoms. The van der Waals surface area contributed by atoms with Crippen molar-refractivity contribution in [2.45, 2.75) is 64.5 Å². The van der Waals surface area contributed by atoms with Gasteiger partial charge >= 0.3 is 11.4 Å². The van der Waals surface area contributed by atoms with Gasteiger partial charge in [-0.3, -0.25) is 23.5 Å². The van der Waals surface area contributed by atoms with Crippen LogP contribution in [0.1, 0.15) is 61.0 Å². The summed E-state index contributed by atoms with van der Waals surface area (Å²) in [5.74, 6) is -0.273. The predicted octanol–water partition coefficient (Wildman–Crippen LogP) is 3.73. The second-order valence-corrected chi connectivity index (χ2v) is 11.7. The lowest BCUT2D eigenvalue weighted by molar-refractivity contribution is 0.0919. The van der Waals surface area contributed by atoms with Gasteiger partial charge in [-0.25, -0.2) is 9.59 Å². The van der Waals surface area contributed by atoms with Gasteiger partial charge in [0.15, 0.2) is 5.42 Å². The van der Waals surface area contributed by atoms with E-state index in [1.54, 1.807) is 30.8 Å². The summed E-state index contributed by atoms with van der Waals surface area (Å²) in [5, 5.41) is 4.32. The van der Waals surface area contributed by atoms with Crippen LogP contribution in [0.15, 0.2) is 56.6 Å². The van der Waals surface area contributed by atoms with E-state index in [0.717, 1.165) is 61.3 Å². The van der Waals surface area contributed by atoms with Crippen LogP contribution >= 0.6 is 11.6 Å². The zero-order chi connectivity index (χ0) is 29.4. The molecular formula is C32H34ClN5O4. The van der Waals surface area contributed by atoms with Crippen LogP contribution in [0.3, 0.4) is 0 Å². The van der Waals surface area contributed by atoms with E-state index in [9.17, 15) is 14.4 Å². The van der Waals surface area contributed by atoms with Gasteiger partial charge in [0.2, 0.25) is 0 Å². The smallest absolute Gasteiger partial charge is 0.408 e. The maximum atomic E-state index is 14.0. The number of imidazole rings is 1. The van der Waals surface area contributed by atoms with Gasteiger partial charge in [0, 0.05) is 31.9 Å². The Labute approximate surface area is 247 Å². The van der Waals surface area contributed by atoms with Crippen molar-refractivity contribution in [2.75, 3.05) is 0 Å². The number of para-hydroxylation sites is 2. The van der Waals surface area contributed by atoms with E-state index in [4.69, 9.17) is 16.0 Å². The highest BCUT2D eigenvalue weighted by atomic mass is 35.5. The first-order chi connectivity index (χ1) is 20.3. The van der Waals surface area contributed by atoms with Gasteiger partial charge in [-0.2, -0.15) is 0 Å². The van der Waals surface area contributed by atoms with Gasteiger partial charge in [-0.15, -0.1) is 0 Å². The fourth-order valence-corrected chi connectivity index (χ4v) is 6.32. The number of amides is 1. The lowest BCUT2D eigenvalue weighted by Crippen LogP contribution is -2.39. The fraction of sp³-hybridized carbons (Fsp3) is 0.375. The minimum Gasteiger partial charge on any atom is -0.408 e. The Balaban J connectivity index is 1.25. The van der Waals surface area contributed by atoms with Crippen molar-refractivity contribution >= 4 is 46.4 Å². The maximum absolute atomic E-state index is 14.0. The molecule has 1 N–H and O–H groups in total. The molecule has 0 unspecified atom stereocenters. The molecule has 1 fully saturated rings. The van der Waals surface area contributed by atoms with Gasteiger partial charge in [0.1, 0.15) is 0 Å². The van der Waals surface area contributed by atoms with Gasteiger partial charge < -0.3 is 9.73 Å². The number of carbonyl (C=O) groups excluding carboxylic acids is 1. The lowest BCUT2D eigenvalue weighted by atomic mass is 9.85. The first kappa shape index (κ1) is 28.0. The number of benzene rings is 1. The van der Waals surface area contributed by atoms with Gasteiger partial charge in [0.05, 0.1) is 38.4 Å². The summed E-state index contributed by atoms with van der Waals surface area (Å²) < 4.78 is 10.7. The molecule has 3 aromatic heterocycles. The fourth-order valence-electron chi connectivity index (χ4n) is 6.16. The van der Waals surface area contributed by atoms with Gasteiger partial charge in [-0.1, -0.05) is 35.9 Å². The minimum absolute atomic E-state index is 0.0651. The Bertz CT molecular complexity index is 1940. The number of halogens is 1. The summed E-state index contributed by atoms with van der Waals surface area (Å²) in [6, 6.07) is 9.55. The van der Waals surface area contributed by atoms with Crippen molar-refractivity contribution in [3.05, 3.63) is 90.7 Å². The molecule has 0 radical (unpaired) electrons. The molecular weight excluding hydrogens is 554 g/mol. The SMILES string of the molecule is Cc1ncc(Cl)cc1C(=O)NC1CCC(Cn2c(=O)n(C3=C/CCC/C=c4/c(oc(=O)n4C)=C\3)c3ccccc32)CC1. The number of nitrogens with zero attached hydrogens (tertiary/aromatic N) is 4. The number of fused-ring (bicyclic) bond motifs is 2. The van der Waals surface area contributed by atoms with Crippen molar-refractivity contribution in [1.82, 2.24) is 24.0 Å². The third-order valence-corrected chi connectivity index (χ3v) is 8.68. The number of carbonyl (C=O) groups is 1. The van der Waals surface area contributed by atoms with Crippen LogP contribution in [0.5, 0.6) is 0 Å². The molecule has 0 bridgehead atoms. The standard InChI is InChI=1S/C32H34ClN5O4/c1-20-25(16-22(33)18-34-20)30(39)35-23-14-12-21(13-15-23)19-37-26-9-6-7-10-27(26)38(31(37)40)24-8-4-3-5-11-28-29(17-24)42-32(41)36(28)2/h6-11,16-18,21,23H,3-5,12-15,19H2,1-2H3,(H,35,39)/b24-8+,28-11-,29-17+. The number of pyridine rings is 1. The molecule has 3 heterocycles. The normalized spacial score (nSPS) is 21.9. The van der Waals surface area contributed by atoms with Crippen molar-refractivity contribution in [1.29, 1.82) is 0 Å². The first-order valence-electron chi connectivity index (χ1n) is 14.5. The number of hydrogen-bond donors (Lipinski definition) is 1. The molecule has 1 amide bonds. The average molecular weight is 588 g/mol. The van der Waals surface area contributed by atoms with E-state index in [0.29, 0.717) is 39.9 Å². The Hall–Kier alpha value is -4.11. The van der Waals surface area contributed by atoms with Crippen LogP contribution in [0, 0.1) is 12.8 Å². The van der Waals surface area contributed by atoms with Crippen LogP contribution in [-0.4, -0.2) is 30.6 Å². The second kappa shape index (κ2) is 11.6. The Morgan fingerprint density at radius 2 is 1.83 bits per heavy atom. The van der Waals surface area contributed by atoms with E-state index in [1.807, 2.05) is 41.0 Å². The molecule has 2 aliphatic rings. The van der Waals surface area contributed by atoms with Crippen molar-refractivity contribution in [3.63, 3.8) is 0 Å². The minimum atomic E-state index is -0.423. The Morgan fingerprint density at radius 1 is 1.10 bits per heavy atom. The van der Waals surface area contributed by atoms with E-state index >= 15 is 0 Å². The van der Waals surface area contributed by atoms with E-state index in [-0.39, 0.29) is 17.6 Å². The van der Waals surface area contributed by atoms with E-state index < -0.39 is 5.76 Å². The summed E-state index contributed by atoms with van der Waals surface area (Å²) in [6.07, 6.45) is 13.4. The topological polar surface area (TPSA) is 104 Å². The third kappa shape index (κ3) is 5.41. The monoisotopic (exact) mass is 587 g/mol. The molecule has 4 aromatic rings. The highest BCUT2D eigenvalue weighted by Crippen LogP contribution is 2.28. The van der Waals surface area contributed by atoms with E-state index in [2.05, 4.69) is 16.4 Å². The molecule has 9 nitrogen and oxygen atoms in total. The molecule has 1 aromatic carbocycles. The van der Waals surface area contributed by atoms with Crippen molar-refractivity contribution in [3.8, 4) is 0 Å². The maximum Gasteiger partial charge on any atom is 0.419 e. The van der Waals surface area contributed by atoms with Crippen molar-refractivity contribution < 1.29 is 9.21 Å². The molecule has 42 heavy (non-hydrogen) atoms. The number of aryl methyl sites for hydroxylation is 1. The highest BCUT2D eigenvalue weighted by Gasteiger charge is 2.26. The third-order valence-electron chi connectivity index (χ3n) is 8.48. The molecule has 2 aliphatic carbocycles. The average Bonchev–Trinajstić information content (AvgIpc) is 3.44. The summed E-state index contributed by atoms with van der Waals surface area (Å²) in [7, 11) is 1.70. The molecule has 1 saturated carbocycles. The van der Waals surface area contributed by atoms with Gasteiger partial charge in [-0.05, 0) is 76.0 Å². The zero-order valence-corrected chi connectivity index (χ0v) is 24.6. The largest absolute Gasteiger partial charge is 0.419 e. The molecule has 218 valence electrons. The number of hydrogen-bond acceptors (Lipinski definition) is 5. The van der Waals surface area contributed by atoms with Crippen LogP contribution in [0.25, 0.3) is 28.9 Å². The van der Waals surface area contributed by atoms with Crippen LogP contribution < -0.4 is 27.5 Å². The van der Waals surface area contributed by atoms with E-state index in [1.165, 1.54) is 4.57 Å². The summed E-state index contributed by atoms with van der Waals surface area (Å²) in [5.41, 5.74) is 3.90. The lowest BCUT2D eigenvalue weighted by Gasteiger charge is -2.29. The summed E-state index contributed by atoms with van der Waals surface area (Å²) in [6.45, 7) is 2.40. The molecule has 0 saturated heterocycles. The molecule has 10 heteroatoms. The van der Waals surface area contributed by atoms with Crippen molar-refractivity contribution in [2.24, 2.45) is 13.0 Å². The van der Waals surface area contributed by atoms with Crippen LogP contribution in [0.4, 0.5) is 0 Å². The molecule has 0 atom stereocenters. The molecule has 6 rings (SSSR count). The first-order valence-corrected chi connectivity index (χ1v) is 14.9. The summed E-state index contributed by atoms with van der Waals surface area (Å²) >= 11 is 6.06. The molecule has 0 aliphatic heterocycles. The van der Waals surface area contributed by atoms with Gasteiger partial charge in [0.25, 0.3) is 5.91 Å². The quantitative estimate of drug-likeness (QED) is 0.383. The number of aromatic nitrogens is 4. The zero-order valence-electron chi connectivity index (χ0n) is 23.8. The van der Waals surface area contributed by atoms with Crippen LogP contribution in [-0.2, 0) is 13.6 Å². The van der Waals surface area contributed by atoms with Crippen LogP contribution in [0.2, 0.25) is 5.02 Å². The predicted molar refractivity (Wildman–Crippen MR) is 164 cm³/mol. The number of oxazole rings is 1. The number of rotatable bonds is 5. The number of nitrogens with one attached hydrogen (secondary N) is 1. The Kier molecular flexibility index (Phi) is 7.77. The highest BCUT2D eigenvalue weighted by molar-refractivity contribution is 6.30.